The Hall–Kier alpha value is -2.72. The van der Waals surface area contributed by atoms with Gasteiger partial charge in [-0.15, -0.1) is 0 Å². The normalized spacial score (nSPS) is 11.5. The van der Waals surface area contributed by atoms with Gasteiger partial charge in [-0.2, -0.15) is 10.2 Å². The molecule has 0 radical (unpaired) electrons. The van der Waals surface area contributed by atoms with Crippen LogP contribution in [0.3, 0.4) is 0 Å². The van der Waals surface area contributed by atoms with Crippen molar-refractivity contribution in [3.05, 3.63) is 36.7 Å². The highest BCUT2D eigenvalue weighted by atomic mass is 32.2. The summed E-state index contributed by atoms with van der Waals surface area (Å²) in [5.41, 5.74) is 0.678. The molecule has 10 heteroatoms. The molecule has 0 saturated heterocycles. The highest BCUT2D eigenvalue weighted by Crippen LogP contribution is 2.32. The fourth-order valence-corrected chi connectivity index (χ4v) is 2.45. The van der Waals surface area contributed by atoms with Crippen LogP contribution in [0.4, 0.5) is 11.4 Å². The lowest BCUT2D eigenvalue weighted by Gasteiger charge is -2.22. The molecule has 0 saturated carbocycles. The maximum absolute atomic E-state index is 12.1. The van der Waals surface area contributed by atoms with Crippen molar-refractivity contribution in [3.8, 4) is 11.5 Å². The van der Waals surface area contributed by atoms with E-state index in [-0.39, 0.29) is 12.2 Å². The van der Waals surface area contributed by atoms with Gasteiger partial charge in [-0.1, -0.05) is 0 Å². The van der Waals surface area contributed by atoms with E-state index >= 15 is 0 Å². The van der Waals surface area contributed by atoms with Gasteiger partial charge in [0.1, 0.15) is 18.0 Å². The second kappa shape index (κ2) is 8.22. The molecule has 0 bridgehead atoms. The summed E-state index contributed by atoms with van der Waals surface area (Å²) in [7, 11) is 2.89. The summed E-state index contributed by atoms with van der Waals surface area (Å²) in [6, 6.07) is 6.29. The smallest absolute Gasteiger partial charge is 0.262 e. The van der Waals surface area contributed by atoms with E-state index in [0.29, 0.717) is 17.2 Å². The van der Waals surface area contributed by atoms with Crippen molar-refractivity contribution in [3.63, 3.8) is 0 Å². The zero-order valence-electron chi connectivity index (χ0n) is 13.0. The van der Waals surface area contributed by atoms with Crippen LogP contribution in [-0.4, -0.2) is 45.6 Å². The number of nitrogens with zero attached hydrogens (tertiary/aromatic N) is 3. The Bertz CT molecular complexity index is 728. The van der Waals surface area contributed by atoms with Crippen LogP contribution < -0.4 is 19.1 Å². The van der Waals surface area contributed by atoms with Gasteiger partial charge < -0.3 is 14.8 Å². The Labute approximate surface area is 141 Å². The molecule has 1 atom stereocenters. The van der Waals surface area contributed by atoms with E-state index in [4.69, 9.17) is 9.47 Å². The zero-order valence-corrected chi connectivity index (χ0v) is 13.8. The first-order valence-corrected chi connectivity index (χ1v) is 7.78. The summed E-state index contributed by atoms with van der Waals surface area (Å²) in [5, 5.41) is 9.80. The third-order valence-corrected chi connectivity index (χ3v) is 3.70. The van der Waals surface area contributed by atoms with Crippen molar-refractivity contribution in [1.82, 2.24) is 10.2 Å². The average molecular weight is 352 g/mol. The van der Waals surface area contributed by atoms with Gasteiger partial charge >= 0.3 is 0 Å². The Balaban J connectivity index is 2.23. The number of anilines is 2. The molecule has 9 nitrogen and oxygen atoms in total. The highest BCUT2D eigenvalue weighted by Gasteiger charge is 2.21. The SMILES string of the molecule is COc1ccc(OC)c(N(CC(=O)Nc2ccnnc2)S(=O)O)c1. The van der Waals surface area contributed by atoms with E-state index in [1.165, 1.54) is 32.7 Å². The third-order valence-electron chi connectivity index (χ3n) is 3.00. The van der Waals surface area contributed by atoms with E-state index in [1.54, 1.807) is 18.2 Å². The van der Waals surface area contributed by atoms with Gasteiger partial charge in [0.25, 0.3) is 11.3 Å². The first-order valence-electron chi connectivity index (χ1n) is 6.72. The first-order chi connectivity index (χ1) is 11.5. The monoisotopic (exact) mass is 352 g/mol. The number of carbonyl (C=O) groups excluding carboxylic acids is 1. The van der Waals surface area contributed by atoms with Crippen molar-refractivity contribution in [2.24, 2.45) is 0 Å². The van der Waals surface area contributed by atoms with Crippen molar-refractivity contribution in [2.45, 2.75) is 0 Å². The molecule has 1 heterocycles. The number of methoxy groups -OCH3 is 2. The van der Waals surface area contributed by atoms with Gasteiger partial charge in [-0.05, 0) is 18.2 Å². The Morgan fingerprint density at radius 3 is 2.67 bits per heavy atom. The Kier molecular flexibility index (Phi) is 6.04. The lowest BCUT2D eigenvalue weighted by molar-refractivity contribution is -0.114. The second-order valence-corrected chi connectivity index (χ2v) is 5.39. The maximum atomic E-state index is 12.1. The lowest BCUT2D eigenvalue weighted by Crippen LogP contribution is -2.34. The van der Waals surface area contributed by atoms with Crippen molar-refractivity contribution in [1.29, 1.82) is 0 Å². The zero-order chi connectivity index (χ0) is 17.5. The van der Waals surface area contributed by atoms with Gasteiger partial charge in [-0.25, -0.2) is 4.21 Å². The minimum Gasteiger partial charge on any atom is -0.497 e. The third kappa shape index (κ3) is 4.40. The highest BCUT2D eigenvalue weighted by molar-refractivity contribution is 7.80. The maximum Gasteiger partial charge on any atom is 0.262 e. The predicted molar refractivity (Wildman–Crippen MR) is 88.3 cm³/mol. The quantitative estimate of drug-likeness (QED) is 0.717. The molecule has 0 fully saturated rings. The van der Waals surface area contributed by atoms with Gasteiger partial charge in [0, 0.05) is 6.07 Å². The molecular formula is C14H16N4O5S. The van der Waals surface area contributed by atoms with Gasteiger partial charge in [-0.3, -0.25) is 13.7 Å². The number of aromatic nitrogens is 2. The number of hydrogen-bond donors (Lipinski definition) is 2. The summed E-state index contributed by atoms with van der Waals surface area (Å²) in [5.74, 6) is 0.284. The van der Waals surface area contributed by atoms with Crippen LogP contribution in [0.2, 0.25) is 0 Å². The molecule has 128 valence electrons. The molecular weight excluding hydrogens is 336 g/mol. The molecule has 0 aliphatic heterocycles. The van der Waals surface area contributed by atoms with Crippen LogP contribution in [0.25, 0.3) is 0 Å². The molecule has 0 aliphatic carbocycles. The Morgan fingerprint density at radius 1 is 1.29 bits per heavy atom. The van der Waals surface area contributed by atoms with Gasteiger partial charge in [0.2, 0.25) is 5.91 Å². The van der Waals surface area contributed by atoms with Crippen molar-refractivity contribution >= 4 is 28.5 Å². The summed E-state index contributed by atoms with van der Waals surface area (Å²) in [6.07, 6.45) is 2.78. The summed E-state index contributed by atoms with van der Waals surface area (Å²) < 4.78 is 32.5. The van der Waals surface area contributed by atoms with Crippen molar-refractivity contribution in [2.75, 3.05) is 30.4 Å². The van der Waals surface area contributed by atoms with E-state index in [9.17, 15) is 13.6 Å². The molecule has 2 rings (SSSR count). The Morgan fingerprint density at radius 2 is 2.08 bits per heavy atom. The first kappa shape index (κ1) is 17.6. The summed E-state index contributed by atoms with van der Waals surface area (Å²) in [4.78, 5) is 12.1. The molecule has 24 heavy (non-hydrogen) atoms. The standard InChI is InChI=1S/C14H16N4O5S/c1-22-11-3-4-13(23-2)12(7-11)18(24(20)21)9-14(19)17-10-5-6-15-16-8-10/h3-8H,9H2,1-2H3,(H,20,21)(H,15,17,19). The molecule has 2 aromatic rings. The largest absolute Gasteiger partial charge is 0.497 e. The predicted octanol–water partition coefficient (Wildman–Crippen LogP) is 1.08. The van der Waals surface area contributed by atoms with Crippen LogP contribution in [0, 0.1) is 0 Å². The van der Waals surface area contributed by atoms with Gasteiger partial charge in [0.15, 0.2) is 0 Å². The topological polar surface area (TPSA) is 114 Å². The summed E-state index contributed by atoms with van der Waals surface area (Å²) in [6.45, 7) is -0.380. The molecule has 1 amide bonds. The lowest BCUT2D eigenvalue weighted by atomic mass is 10.2. The number of benzene rings is 1. The molecule has 1 aromatic carbocycles. The van der Waals surface area contributed by atoms with Crippen molar-refractivity contribution < 1.29 is 23.0 Å². The van der Waals surface area contributed by atoms with E-state index in [1.807, 2.05) is 0 Å². The van der Waals surface area contributed by atoms with E-state index < -0.39 is 17.2 Å². The van der Waals surface area contributed by atoms with Gasteiger partial charge in [0.05, 0.1) is 38.0 Å². The van der Waals surface area contributed by atoms with Crippen LogP contribution in [-0.2, 0) is 16.1 Å². The van der Waals surface area contributed by atoms with Crippen LogP contribution >= 0.6 is 0 Å². The number of hydrogen-bond acceptors (Lipinski definition) is 6. The van der Waals surface area contributed by atoms with Crippen LogP contribution in [0.5, 0.6) is 11.5 Å². The molecule has 0 aliphatic rings. The number of rotatable bonds is 7. The van der Waals surface area contributed by atoms with Crippen LogP contribution in [0.15, 0.2) is 36.7 Å². The fraction of sp³-hybridized carbons (Fsp3) is 0.214. The van der Waals surface area contributed by atoms with E-state index in [2.05, 4.69) is 15.5 Å². The number of amides is 1. The van der Waals surface area contributed by atoms with E-state index in [0.717, 1.165) is 4.31 Å². The average Bonchev–Trinajstić information content (AvgIpc) is 2.59. The molecule has 1 aromatic heterocycles. The molecule has 1 unspecified atom stereocenters. The number of nitrogens with one attached hydrogen (secondary N) is 1. The second-order valence-electron chi connectivity index (χ2n) is 4.48. The van der Waals surface area contributed by atoms with Crippen LogP contribution in [0.1, 0.15) is 0 Å². The number of carbonyl (C=O) groups is 1. The summed E-state index contributed by atoms with van der Waals surface area (Å²) >= 11 is -2.45. The molecule has 2 N–H and O–H groups in total. The number of ether oxygens (including phenoxy) is 2. The minimum atomic E-state index is -2.45. The minimum absolute atomic E-state index is 0.251. The molecule has 0 spiro atoms. The fourth-order valence-electron chi connectivity index (χ4n) is 1.91.